The quantitative estimate of drug-likeness (QED) is 0.642. The lowest BCUT2D eigenvalue weighted by atomic mass is 10.0. The Labute approximate surface area is 183 Å². The van der Waals surface area contributed by atoms with Crippen LogP contribution in [0.4, 0.5) is 10.5 Å². The molecule has 0 saturated carbocycles. The van der Waals surface area contributed by atoms with Gasteiger partial charge < -0.3 is 14.8 Å². The molecule has 0 aliphatic carbocycles. The molecule has 2 N–H and O–H groups in total. The number of aromatic nitrogens is 1. The number of nitrogens with one attached hydrogen (secondary N) is 2. The van der Waals surface area contributed by atoms with E-state index >= 15 is 0 Å². The van der Waals surface area contributed by atoms with Crippen molar-refractivity contribution in [2.24, 2.45) is 0 Å². The van der Waals surface area contributed by atoms with Crippen molar-refractivity contribution in [3.05, 3.63) is 47.5 Å². The predicted octanol–water partition coefficient (Wildman–Crippen LogP) is 3.90. The summed E-state index contributed by atoms with van der Waals surface area (Å²) in [6, 6.07) is 12.7. The Morgan fingerprint density at radius 1 is 1.13 bits per heavy atom. The standard InChI is InChI=1S/C22H22N4O4S/c27-20(25-22(28)23-14-8-9-17-18(11-14)30-13-29-17)12-26-10-4-3-6-16(26)21-24-15-5-1-2-7-19(15)31-21/h1-2,5,7-9,11,16H,3-4,6,10,12-13H2,(H2,23,25,27,28)/t16-/m0/s1. The first kappa shape index (κ1) is 19.8. The number of anilines is 1. The second kappa shape index (κ2) is 8.52. The molecule has 1 fully saturated rings. The molecule has 2 aliphatic heterocycles. The lowest BCUT2D eigenvalue weighted by Crippen LogP contribution is -2.44. The molecule has 0 bridgehead atoms. The number of amides is 3. The van der Waals surface area contributed by atoms with E-state index < -0.39 is 6.03 Å². The van der Waals surface area contributed by atoms with Crippen molar-refractivity contribution in [3.63, 3.8) is 0 Å². The van der Waals surface area contributed by atoms with Crippen LogP contribution >= 0.6 is 11.3 Å². The van der Waals surface area contributed by atoms with Crippen molar-refractivity contribution in [3.8, 4) is 11.5 Å². The second-order valence-electron chi connectivity index (χ2n) is 7.57. The monoisotopic (exact) mass is 438 g/mol. The molecule has 2 aliphatic rings. The molecule has 0 radical (unpaired) electrons. The number of fused-ring (bicyclic) bond motifs is 2. The zero-order chi connectivity index (χ0) is 21.2. The van der Waals surface area contributed by atoms with Gasteiger partial charge in [0.25, 0.3) is 0 Å². The van der Waals surface area contributed by atoms with Crippen LogP contribution in [-0.2, 0) is 4.79 Å². The Morgan fingerprint density at radius 3 is 2.90 bits per heavy atom. The highest BCUT2D eigenvalue weighted by atomic mass is 32.1. The number of rotatable bonds is 4. The minimum atomic E-state index is -0.572. The second-order valence-corrected chi connectivity index (χ2v) is 8.63. The molecule has 0 spiro atoms. The molecule has 1 aromatic heterocycles. The molecular weight excluding hydrogens is 416 g/mol. The summed E-state index contributed by atoms with van der Waals surface area (Å²) in [5.74, 6) is 0.857. The lowest BCUT2D eigenvalue weighted by Gasteiger charge is -2.33. The van der Waals surface area contributed by atoms with Crippen LogP contribution in [0.5, 0.6) is 11.5 Å². The summed E-state index contributed by atoms with van der Waals surface area (Å²) in [4.78, 5) is 31.8. The van der Waals surface area contributed by atoms with E-state index in [1.54, 1.807) is 29.5 Å². The summed E-state index contributed by atoms with van der Waals surface area (Å²) in [6.45, 7) is 1.11. The molecule has 3 amide bonds. The number of ether oxygens (including phenoxy) is 2. The van der Waals surface area contributed by atoms with Crippen LogP contribution in [0.2, 0.25) is 0 Å². The summed E-state index contributed by atoms with van der Waals surface area (Å²) in [5.41, 5.74) is 1.51. The normalized spacial score (nSPS) is 18.1. The van der Waals surface area contributed by atoms with E-state index in [-0.39, 0.29) is 25.3 Å². The number of imide groups is 1. The van der Waals surface area contributed by atoms with E-state index in [0.29, 0.717) is 17.2 Å². The van der Waals surface area contributed by atoms with Crippen LogP contribution in [0.3, 0.4) is 0 Å². The maximum Gasteiger partial charge on any atom is 0.325 e. The molecule has 0 unspecified atom stereocenters. The molecule has 31 heavy (non-hydrogen) atoms. The van der Waals surface area contributed by atoms with Gasteiger partial charge in [0, 0.05) is 11.8 Å². The topological polar surface area (TPSA) is 92.8 Å². The van der Waals surface area contributed by atoms with Crippen LogP contribution in [0, 0.1) is 0 Å². The van der Waals surface area contributed by atoms with Crippen molar-refractivity contribution < 1.29 is 19.1 Å². The third kappa shape index (κ3) is 4.33. The third-order valence-corrected chi connectivity index (χ3v) is 6.58. The average Bonchev–Trinajstić information content (AvgIpc) is 3.40. The fourth-order valence-electron chi connectivity index (χ4n) is 3.98. The summed E-state index contributed by atoms with van der Waals surface area (Å²) < 4.78 is 11.7. The molecule has 160 valence electrons. The van der Waals surface area contributed by atoms with Gasteiger partial charge in [-0.2, -0.15) is 0 Å². The Morgan fingerprint density at radius 2 is 2.00 bits per heavy atom. The highest BCUT2D eigenvalue weighted by Crippen LogP contribution is 2.36. The first-order chi connectivity index (χ1) is 15.2. The number of thiazole rings is 1. The summed E-state index contributed by atoms with van der Waals surface area (Å²) in [7, 11) is 0. The van der Waals surface area contributed by atoms with Crippen LogP contribution in [-0.4, -0.2) is 41.7 Å². The zero-order valence-corrected chi connectivity index (χ0v) is 17.6. The van der Waals surface area contributed by atoms with Gasteiger partial charge in [0.1, 0.15) is 5.01 Å². The Balaban J connectivity index is 1.21. The van der Waals surface area contributed by atoms with Crippen LogP contribution in [0.15, 0.2) is 42.5 Å². The summed E-state index contributed by atoms with van der Waals surface area (Å²) in [6.07, 6.45) is 3.08. The SMILES string of the molecule is O=C(CN1CCCC[C@H]1c1nc2ccccc2s1)NC(=O)Nc1ccc2c(c1)OCO2. The van der Waals surface area contributed by atoms with Gasteiger partial charge in [-0.3, -0.25) is 15.0 Å². The van der Waals surface area contributed by atoms with E-state index in [4.69, 9.17) is 14.5 Å². The number of carbonyl (C=O) groups excluding carboxylic acids is 2. The number of urea groups is 1. The smallest absolute Gasteiger partial charge is 0.325 e. The molecule has 1 saturated heterocycles. The number of likely N-dealkylation sites (tertiary alicyclic amines) is 1. The molecule has 1 atom stereocenters. The van der Waals surface area contributed by atoms with Crippen LogP contribution in [0.1, 0.15) is 30.3 Å². The zero-order valence-electron chi connectivity index (χ0n) is 16.8. The summed E-state index contributed by atoms with van der Waals surface area (Å²) in [5, 5.41) is 6.11. The minimum absolute atomic E-state index is 0.0915. The molecule has 2 aromatic carbocycles. The van der Waals surface area contributed by atoms with Crippen molar-refractivity contribution in [1.29, 1.82) is 0 Å². The van der Waals surface area contributed by atoms with Crippen molar-refractivity contribution >= 4 is 39.2 Å². The average molecular weight is 439 g/mol. The maximum atomic E-state index is 12.6. The highest BCUT2D eigenvalue weighted by Gasteiger charge is 2.28. The molecule has 3 aromatic rings. The van der Waals surface area contributed by atoms with Crippen molar-refractivity contribution in [2.75, 3.05) is 25.2 Å². The Hall–Kier alpha value is -3.17. The largest absolute Gasteiger partial charge is 0.454 e. The Bertz CT molecular complexity index is 1100. The van der Waals surface area contributed by atoms with E-state index in [1.807, 2.05) is 18.2 Å². The number of hydrogen-bond acceptors (Lipinski definition) is 7. The van der Waals surface area contributed by atoms with E-state index in [9.17, 15) is 9.59 Å². The molecule has 8 nitrogen and oxygen atoms in total. The van der Waals surface area contributed by atoms with Gasteiger partial charge in [0.05, 0.1) is 22.8 Å². The molecular formula is C22H22N4O4S. The first-order valence-electron chi connectivity index (χ1n) is 10.3. The number of nitrogens with zero attached hydrogens (tertiary/aromatic N) is 2. The summed E-state index contributed by atoms with van der Waals surface area (Å²) >= 11 is 1.67. The molecule has 9 heteroatoms. The Kier molecular flexibility index (Phi) is 5.44. The van der Waals surface area contributed by atoms with E-state index in [0.717, 1.165) is 41.0 Å². The van der Waals surface area contributed by atoms with Gasteiger partial charge in [-0.05, 0) is 43.7 Å². The van der Waals surface area contributed by atoms with E-state index in [1.165, 1.54) is 0 Å². The van der Waals surface area contributed by atoms with Gasteiger partial charge in [0.15, 0.2) is 11.5 Å². The van der Waals surface area contributed by atoms with Gasteiger partial charge >= 0.3 is 6.03 Å². The maximum absolute atomic E-state index is 12.6. The molecule has 3 heterocycles. The van der Waals surface area contributed by atoms with Crippen molar-refractivity contribution in [2.45, 2.75) is 25.3 Å². The van der Waals surface area contributed by atoms with E-state index in [2.05, 4.69) is 21.6 Å². The fourth-order valence-corrected chi connectivity index (χ4v) is 5.12. The predicted molar refractivity (Wildman–Crippen MR) is 118 cm³/mol. The molecule has 5 rings (SSSR count). The lowest BCUT2D eigenvalue weighted by molar-refractivity contribution is -0.122. The van der Waals surface area contributed by atoms with Gasteiger partial charge in [0.2, 0.25) is 12.7 Å². The number of piperidine rings is 1. The number of carbonyl (C=O) groups is 2. The fraction of sp³-hybridized carbons (Fsp3) is 0.318. The minimum Gasteiger partial charge on any atom is -0.454 e. The van der Waals surface area contributed by atoms with Gasteiger partial charge in [-0.25, -0.2) is 9.78 Å². The van der Waals surface area contributed by atoms with Gasteiger partial charge in [-0.1, -0.05) is 18.6 Å². The third-order valence-electron chi connectivity index (χ3n) is 5.44. The van der Waals surface area contributed by atoms with Gasteiger partial charge in [-0.15, -0.1) is 11.3 Å². The van der Waals surface area contributed by atoms with Crippen molar-refractivity contribution in [1.82, 2.24) is 15.2 Å². The van der Waals surface area contributed by atoms with Crippen LogP contribution in [0.25, 0.3) is 10.2 Å². The highest BCUT2D eigenvalue weighted by molar-refractivity contribution is 7.18. The number of benzene rings is 2. The van der Waals surface area contributed by atoms with Crippen LogP contribution < -0.4 is 20.1 Å². The number of para-hydroxylation sites is 1. The number of hydrogen-bond donors (Lipinski definition) is 2. The first-order valence-corrected chi connectivity index (χ1v) is 11.1.